The number of fused-ring (bicyclic) bond motifs is 1. The lowest BCUT2D eigenvalue weighted by molar-refractivity contribution is 0.208. The molecule has 0 aliphatic heterocycles. The van der Waals surface area contributed by atoms with E-state index in [4.69, 9.17) is 16.3 Å². The first-order valence-electron chi connectivity index (χ1n) is 7.60. The molecule has 0 bridgehead atoms. The van der Waals surface area contributed by atoms with E-state index >= 15 is 0 Å². The minimum Gasteiger partial charge on any atom is -0.494 e. The predicted octanol–water partition coefficient (Wildman–Crippen LogP) is 6.01. The second kappa shape index (κ2) is 7.28. The molecule has 0 heterocycles. The number of hydrogen-bond donors (Lipinski definition) is 1. The first kappa shape index (κ1) is 18.1. The molecular weight excluding hydrogens is 414 g/mol. The van der Waals surface area contributed by atoms with E-state index in [0.29, 0.717) is 9.86 Å². The molecule has 0 radical (unpaired) electrons. The van der Waals surface area contributed by atoms with Crippen molar-refractivity contribution in [2.75, 3.05) is 6.61 Å². The number of aliphatic hydroxyl groups excluding tert-OH is 1. The number of aliphatic hydroxyl groups is 1. The van der Waals surface area contributed by atoms with Gasteiger partial charge in [0, 0.05) is 27.6 Å². The Kier molecular flexibility index (Phi) is 5.27. The van der Waals surface area contributed by atoms with Crippen LogP contribution in [0.15, 0.2) is 46.9 Å². The van der Waals surface area contributed by atoms with E-state index in [-0.39, 0.29) is 22.9 Å². The molecule has 2 nitrogen and oxygen atoms in total. The van der Waals surface area contributed by atoms with Gasteiger partial charge in [-0.3, -0.25) is 0 Å². The SMILES string of the molecule is CCOc1cc(F)c(C(O)c2cc(Br)c3ccccc3c2Cl)c(F)c1. The molecule has 3 rings (SSSR count). The third kappa shape index (κ3) is 3.36. The van der Waals surface area contributed by atoms with Crippen LogP contribution in [0.2, 0.25) is 5.02 Å². The van der Waals surface area contributed by atoms with Gasteiger partial charge in [-0.05, 0) is 18.4 Å². The van der Waals surface area contributed by atoms with Crippen molar-refractivity contribution in [2.24, 2.45) is 0 Å². The number of rotatable bonds is 4. The fourth-order valence-electron chi connectivity index (χ4n) is 2.74. The smallest absolute Gasteiger partial charge is 0.135 e. The minimum absolute atomic E-state index is 0.0687. The Morgan fingerprint density at radius 3 is 2.32 bits per heavy atom. The molecule has 1 atom stereocenters. The second-order valence-electron chi connectivity index (χ2n) is 5.44. The fourth-order valence-corrected chi connectivity index (χ4v) is 3.66. The van der Waals surface area contributed by atoms with Crippen molar-refractivity contribution in [3.8, 4) is 5.75 Å². The zero-order valence-corrected chi connectivity index (χ0v) is 15.5. The van der Waals surface area contributed by atoms with Gasteiger partial charge < -0.3 is 9.84 Å². The summed E-state index contributed by atoms with van der Waals surface area (Å²) in [5.74, 6) is -1.72. The summed E-state index contributed by atoms with van der Waals surface area (Å²) in [6.45, 7) is 2.00. The minimum atomic E-state index is -1.55. The van der Waals surface area contributed by atoms with Crippen molar-refractivity contribution < 1.29 is 18.6 Å². The Bertz CT molecular complexity index is 923. The molecule has 3 aromatic rings. The second-order valence-corrected chi connectivity index (χ2v) is 6.68. The van der Waals surface area contributed by atoms with Crippen molar-refractivity contribution >= 4 is 38.3 Å². The van der Waals surface area contributed by atoms with Gasteiger partial charge >= 0.3 is 0 Å². The Morgan fingerprint density at radius 1 is 1.12 bits per heavy atom. The summed E-state index contributed by atoms with van der Waals surface area (Å²) < 4.78 is 34.6. The Morgan fingerprint density at radius 2 is 1.72 bits per heavy atom. The molecule has 6 heteroatoms. The molecule has 3 aromatic carbocycles. The summed E-state index contributed by atoms with van der Waals surface area (Å²) in [5, 5.41) is 12.4. The number of halogens is 4. The third-order valence-electron chi connectivity index (χ3n) is 3.89. The van der Waals surface area contributed by atoms with Gasteiger partial charge in [0.2, 0.25) is 0 Å². The summed E-state index contributed by atoms with van der Waals surface area (Å²) in [6, 6.07) is 11.0. The molecule has 0 aliphatic rings. The van der Waals surface area contributed by atoms with Crippen LogP contribution in [0.25, 0.3) is 10.8 Å². The van der Waals surface area contributed by atoms with Gasteiger partial charge in [-0.15, -0.1) is 0 Å². The lowest BCUT2D eigenvalue weighted by Crippen LogP contribution is -2.08. The zero-order valence-electron chi connectivity index (χ0n) is 13.2. The van der Waals surface area contributed by atoms with Crippen LogP contribution in [-0.4, -0.2) is 11.7 Å². The Labute approximate surface area is 157 Å². The third-order valence-corrected chi connectivity index (χ3v) is 4.97. The molecule has 0 fully saturated rings. The zero-order chi connectivity index (χ0) is 18.1. The van der Waals surface area contributed by atoms with Crippen LogP contribution in [-0.2, 0) is 0 Å². The van der Waals surface area contributed by atoms with E-state index < -0.39 is 23.3 Å². The molecule has 1 unspecified atom stereocenters. The first-order chi connectivity index (χ1) is 11.9. The predicted molar refractivity (Wildman–Crippen MR) is 98.2 cm³/mol. The Hall–Kier alpha value is -1.69. The summed E-state index contributed by atoms with van der Waals surface area (Å²) in [7, 11) is 0. The largest absolute Gasteiger partial charge is 0.494 e. The van der Waals surface area contributed by atoms with Crippen LogP contribution < -0.4 is 4.74 Å². The molecule has 0 aliphatic carbocycles. The van der Waals surface area contributed by atoms with Gasteiger partial charge in [0.1, 0.15) is 23.5 Å². The normalized spacial score (nSPS) is 12.4. The summed E-state index contributed by atoms with van der Waals surface area (Å²) in [5.41, 5.74) is -0.248. The van der Waals surface area contributed by atoms with Gasteiger partial charge in [0.05, 0.1) is 17.2 Å². The molecule has 25 heavy (non-hydrogen) atoms. The highest BCUT2D eigenvalue weighted by atomic mass is 79.9. The maximum atomic E-state index is 14.4. The van der Waals surface area contributed by atoms with Crippen molar-refractivity contribution in [3.63, 3.8) is 0 Å². The molecule has 0 amide bonds. The van der Waals surface area contributed by atoms with E-state index in [0.717, 1.165) is 17.5 Å². The molecule has 0 aromatic heterocycles. The van der Waals surface area contributed by atoms with Crippen LogP contribution in [0.3, 0.4) is 0 Å². The summed E-state index contributed by atoms with van der Waals surface area (Å²) in [6.07, 6.45) is -1.55. The van der Waals surface area contributed by atoms with Gasteiger partial charge in [0.15, 0.2) is 0 Å². The Balaban J connectivity index is 2.15. The van der Waals surface area contributed by atoms with E-state index in [1.165, 1.54) is 0 Å². The summed E-state index contributed by atoms with van der Waals surface area (Å²) in [4.78, 5) is 0. The summed E-state index contributed by atoms with van der Waals surface area (Å²) >= 11 is 9.81. The quantitative estimate of drug-likeness (QED) is 0.552. The molecule has 0 spiro atoms. The maximum Gasteiger partial charge on any atom is 0.135 e. The maximum absolute atomic E-state index is 14.4. The van der Waals surface area contributed by atoms with Crippen LogP contribution >= 0.6 is 27.5 Å². The van der Waals surface area contributed by atoms with E-state index in [9.17, 15) is 13.9 Å². The van der Waals surface area contributed by atoms with Crippen LogP contribution in [0.1, 0.15) is 24.2 Å². The van der Waals surface area contributed by atoms with Gasteiger partial charge in [-0.2, -0.15) is 0 Å². The molecule has 1 N–H and O–H groups in total. The van der Waals surface area contributed by atoms with Gasteiger partial charge in [-0.25, -0.2) is 8.78 Å². The average Bonchev–Trinajstić information content (AvgIpc) is 2.57. The highest BCUT2D eigenvalue weighted by Crippen LogP contribution is 2.39. The van der Waals surface area contributed by atoms with Crippen LogP contribution in [0.5, 0.6) is 5.75 Å². The fraction of sp³-hybridized carbons (Fsp3) is 0.158. The van der Waals surface area contributed by atoms with Crippen molar-refractivity contribution in [1.29, 1.82) is 0 Å². The molecule has 130 valence electrons. The van der Waals surface area contributed by atoms with Crippen LogP contribution in [0.4, 0.5) is 8.78 Å². The van der Waals surface area contributed by atoms with E-state index in [2.05, 4.69) is 15.9 Å². The van der Waals surface area contributed by atoms with E-state index in [1.807, 2.05) is 12.1 Å². The standard InChI is InChI=1S/C19H14BrClF2O2/c1-2-25-10-7-15(22)17(16(23)8-10)19(24)13-9-14(20)11-5-3-4-6-12(11)18(13)21/h3-9,19,24H,2H2,1H3. The average molecular weight is 428 g/mol. The van der Waals surface area contributed by atoms with Gasteiger partial charge in [-0.1, -0.05) is 51.8 Å². The molecular formula is C19H14BrClF2O2. The van der Waals surface area contributed by atoms with Crippen molar-refractivity contribution in [1.82, 2.24) is 0 Å². The van der Waals surface area contributed by atoms with Crippen molar-refractivity contribution in [3.05, 3.63) is 74.7 Å². The highest BCUT2D eigenvalue weighted by molar-refractivity contribution is 9.10. The molecule has 0 saturated heterocycles. The number of ether oxygens (including phenoxy) is 1. The van der Waals surface area contributed by atoms with Gasteiger partial charge in [0.25, 0.3) is 0 Å². The lowest BCUT2D eigenvalue weighted by atomic mass is 9.97. The lowest BCUT2D eigenvalue weighted by Gasteiger charge is -2.18. The van der Waals surface area contributed by atoms with E-state index in [1.54, 1.807) is 25.1 Å². The van der Waals surface area contributed by atoms with Crippen LogP contribution in [0, 0.1) is 11.6 Å². The molecule has 0 saturated carbocycles. The number of hydrogen-bond acceptors (Lipinski definition) is 2. The first-order valence-corrected chi connectivity index (χ1v) is 8.77. The monoisotopic (exact) mass is 426 g/mol. The topological polar surface area (TPSA) is 29.5 Å². The van der Waals surface area contributed by atoms with Crippen molar-refractivity contribution in [2.45, 2.75) is 13.0 Å². The number of benzene rings is 3. The highest BCUT2D eigenvalue weighted by Gasteiger charge is 2.24.